The first-order chi connectivity index (χ1) is 9.28. The van der Waals surface area contributed by atoms with E-state index in [0.29, 0.717) is 12.0 Å². The average molecular weight is 278 g/mol. The topological polar surface area (TPSA) is 27.6 Å². The fraction of sp³-hybridized carbons (Fsp3) is 0.533. The van der Waals surface area contributed by atoms with Crippen molar-refractivity contribution in [1.29, 1.82) is 0 Å². The number of halogens is 1. The van der Waals surface area contributed by atoms with Gasteiger partial charge in [0.05, 0.1) is 6.04 Å². The van der Waals surface area contributed by atoms with Gasteiger partial charge in [0.25, 0.3) is 0 Å². The van der Waals surface area contributed by atoms with E-state index < -0.39 is 0 Å². The first kappa shape index (κ1) is 12.9. The van der Waals surface area contributed by atoms with E-state index in [1.54, 1.807) is 0 Å². The molecule has 2 unspecified atom stereocenters. The molecule has 1 saturated heterocycles. The van der Waals surface area contributed by atoms with E-state index in [9.17, 15) is 0 Å². The molecule has 0 aliphatic carbocycles. The van der Waals surface area contributed by atoms with Gasteiger partial charge < -0.3 is 10.3 Å². The maximum absolute atomic E-state index is 5.96. The standard InChI is InChI=1S/C15H20ClN3/c1-2-8-19-9-7-14-13(10-19)15(18-17-14)11-3-5-12(16)6-4-11/h3-6,13,15,18H,2,7-10H2,1H3. The molecule has 0 aromatic heterocycles. The molecule has 1 N–H and O–H groups in total. The highest BCUT2D eigenvalue weighted by molar-refractivity contribution is 6.30. The molecule has 2 aliphatic heterocycles. The fourth-order valence-electron chi connectivity index (χ4n) is 3.11. The Bertz CT molecular complexity index is 469. The van der Waals surface area contributed by atoms with Crippen molar-refractivity contribution in [2.24, 2.45) is 11.0 Å². The second-order valence-electron chi connectivity index (χ2n) is 5.42. The quantitative estimate of drug-likeness (QED) is 0.919. The molecular formula is C15H20ClN3. The van der Waals surface area contributed by atoms with Crippen molar-refractivity contribution in [2.75, 3.05) is 19.6 Å². The highest BCUT2D eigenvalue weighted by atomic mass is 35.5. The van der Waals surface area contributed by atoms with E-state index in [1.165, 1.54) is 24.2 Å². The van der Waals surface area contributed by atoms with Crippen molar-refractivity contribution in [3.63, 3.8) is 0 Å². The molecule has 102 valence electrons. The predicted molar refractivity (Wildman–Crippen MR) is 79.6 cm³/mol. The van der Waals surface area contributed by atoms with Gasteiger partial charge >= 0.3 is 0 Å². The summed E-state index contributed by atoms with van der Waals surface area (Å²) in [5.41, 5.74) is 5.94. The molecule has 2 atom stereocenters. The number of nitrogens with one attached hydrogen (secondary N) is 1. The van der Waals surface area contributed by atoms with E-state index in [2.05, 4.69) is 34.5 Å². The third-order valence-corrected chi connectivity index (χ3v) is 4.34. The number of hydrazone groups is 1. The maximum atomic E-state index is 5.96. The van der Waals surface area contributed by atoms with Crippen molar-refractivity contribution in [3.8, 4) is 0 Å². The van der Waals surface area contributed by atoms with Gasteiger partial charge in [-0.05, 0) is 30.7 Å². The van der Waals surface area contributed by atoms with Crippen LogP contribution in [-0.2, 0) is 0 Å². The number of hydrogen-bond donors (Lipinski definition) is 1. The Morgan fingerprint density at radius 3 is 2.89 bits per heavy atom. The van der Waals surface area contributed by atoms with Gasteiger partial charge in [-0.1, -0.05) is 30.7 Å². The second-order valence-corrected chi connectivity index (χ2v) is 5.85. The van der Waals surface area contributed by atoms with Crippen LogP contribution in [0.25, 0.3) is 0 Å². The van der Waals surface area contributed by atoms with Crippen LogP contribution in [0, 0.1) is 5.92 Å². The van der Waals surface area contributed by atoms with Crippen molar-refractivity contribution in [1.82, 2.24) is 10.3 Å². The zero-order valence-corrected chi connectivity index (χ0v) is 12.0. The molecule has 1 aromatic carbocycles. The van der Waals surface area contributed by atoms with Crippen LogP contribution >= 0.6 is 11.6 Å². The summed E-state index contributed by atoms with van der Waals surface area (Å²) in [6.45, 7) is 5.70. The Labute approximate surface area is 119 Å². The minimum absolute atomic E-state index is 0.312. The fourth-order valence-corrected chi connectivity index (χ4v) is 3.23. The van der Waals surface area contributed by atoms with Crippen molar-refractivity contribution in [3.05, 3.63) is 34.9 Å². The normalized spacial score (nSPS) is 26.7. The van der Waals surface area contributed by atoms with E-state index in [-0.39, 0.29) is 0 Å². The van der Waals surface area contributed by atoms with Crippen LogP contribution in [0.3, 0.4) is 0 Å². The molecule has 4 heteroatoms. The third-order valence-electron chi connectivity index (χ3n) is 4.09. The molecule has 3 rings (SSSR count). The minimum Gasteiger partial charge on any atom is -0.302 e. The Morgan fingerprint density at radius 1 is 1.37 bits per heavy atom. The highest BCUT2D eigenvalue weighted by Crippen LogP contribution is 2.32. The minimum atomic E-state index is 0.312. The zero-order chi connectivity index (χ0) is 13.2. The summed E-state index contributed by atoms with van der Waals surface area (Å²) in [6, 6.07) is 8.45. The lowest BCUT2D eigenvalue weighted by atomic mass is 9.86. The van der Waals surface area contributed by atoms with Crippen LogP contribution in [0.5, 0.6) is 0 Å². The smallest absolute Gasteiger partial charge is 0.0782 e. The monoisotopic (exact) mass is 277 g/mol. The average Bonchev–Trinajstić information content (AvgIpc) is 2.83. The lowest BCUT2D eigenvalue weighted by Crippen LogP contribution is -2.42. The first-order valence-electron chi connectivity index (χ1n) is 7.07. The molecule has 0 bridgehead atoms. The van der Waals surface area contributed by atoms with Crippen molar-refractivity contribution >= 4 is 17.3 Å². The summed E-state index contributed by atoms with van der Waals surface area (Å²) in [7, 11) is 0. The van der Waals surface area contributed by atoms with E-state index in [0.717, 1.165) is 24.5 Å². The van der Waals surface area contributed by atoms with Gasteiger partial charge in [-0.3, -0.25) is 0 Å². The van der Waals surface area contributed by atoms with Gasteiger partial charge in [-0.25, -0.2) is 0 Å². The Morgan fingerprint density at radius 2 is 2.16 bits per heavy atom. The second kappa shape index (κ2) is 5.51. The Balaban J connectivity index is 1.76. The number of hydrogen-bond acceptors (Lipinski definition) is 3. The number of rotatable bonds is 3. The number of piperidine rings is 1. The van der Waals surface area contributed by atoms with E-state index in [1.807, 2.05) is 12.1 Å². The number of fused-ring (bicyclic) bond motifs is 1. The molecule has 0 saturated carbocycles. The molecule has 2 aliphatic rings. The van der Waals surface area contributed by atoms with Gasteiger partial charge in [0.1, 0.15) is 0 Å². The molecule has 0 amide bonds. The van der Waals surface area contributed by atoms with Crippen molar-refractivity contribution < 1.29 is 0 Å². The van der Waals surface area contributed by atoms with Crippen LogP contribution in [0.1, 0.15) is 31.4 Å². The van der Waals surface area contributed by atoms with Crippen molar-refractivity contribution in [2.45, 2.75) is 25.8 Å². The number of likely N-dealkylation sites (tertiary alicyclic amines) is 1. The van der Waals surface area contributed by atoms with E-state index in [4.69, 9.17) is 11.6 Å². The van der Waals surface area contributed by atoms with Crippen LogP contribution < -0.4 is 5.43 Å². The molecule has 0 spiro atoms. The molecule has 2 heterocycles. The number of nitrogens with zero attached hydrogens (tertiary/aromatic N) is 2. The van der Waals surface area contributed by atoms with Gasteiger partial charge in [-0.2, -0.15) is 5.10 Å². The predicted octanol–water partition coefficient (Wildman–Crippen LogP) is 3.07. The zero-order valence-electron chi connectivity index (χ0n) is 11.3. The van der Waals surface area contributed by atoms with Gasteiger partial charge in [0.15, 0.2) is 0 Å². The summed E-state index contributed by atoms with van der Waals surface area (Å²) in [6.07, 6.45) is 2.32. The van der Waals surface area contributed by atoms with Gasteiger partial charge in [0, 0.05) is 36.2 Å². The van der Waals surface area contributed by atoms with Gasteiger partial charge in [0.2, 0.25) is 0 Å². The lowest BCUT2D eigenvalue weighted by Gasteiger charge is -2.33. The maximum Gasteiger partial charge on any atom is 0.0782 e. The Hall–Kier alpha value is -1.06. The SMILES string of the molecule is CCCN1CCC2=NNC(c3ccc(Cl)cc3)C2C1. The molecule has 1 aromatic rings. The summed E-state index contributed by atoms with van der Waals surface area (Å²) < 4.78 is 0. The largest absolute Gasteiger partial charge is 0.302 e. The van der Waals surface area contributed by atoms with Crippen LogP contribution in [-0.4, -0.2) is 30.2 Å². The molecule has 1 fully saturated rings. The van der Waals surface area contributed by atoms with Gasteiger partial charge in [-0.15, -0.1) is 0 Å². The third kappa shape index (κ3) is 2.63. The summed E-state index contributed by atoms with van der Waals surface area (Å²) >= 11 is 5.96. The summed E-state index contributed by atoms with van der Waals surface area (Å²) in [4.78, 5) is 2.56. The summed E-state index contributed by atoms with van der Waals surface area (Å²) in [5.74, 6) is 0.515. The van der Waals surface area contributed by atoms with Crippen LogP contribution in [0.2, 0.25) is 5.02 Å². The first-order valence-corrected chi connectivity index (χ1v) is 7.45. The molecule has 19 heavy (non-hydrogen) atoms. The lowest BCUT2D eigenvalue weighted by molar-refractivity contribution is 0.228. The number of benzene rings is 1. The summed E-state index contributed by atoms with van der Waals surface area (Å²) in [5, 5.41) is 5.33. The molecular weight excluding hydrogens is 258 g/mol. The van der Waals surface area contributed by atoms with E-state index >= 15 is 0 Å². The van der Waals surface area contributed by atoms with Crippen LogP contribution in [0.15, 0.2) is 29.4 Å². The molecule has 0 radical (unpaired) electrons. The Kier molecular flexibility index (Phi) is 3.76. The highest BCUT2D eigenvalue weighted by Gasteiger charge is 2.36. The van der Waals surface area contributed by atoms with Crippen LogP contribution in [0.4, 0.5) is 0 Å². The molecule has 3 nitrogen and oxygen atoms in total.